The van der Waals surface area contributed by atoms with Gasteiger partial charge in [0.2, 0.25) is 0 Å². The summed E-state index contributed by atoms with van der Waals surface area (Å²) in [6, 6.07) is -0.298. The van der Waals surface area contributed by atoms with Crippen LogP contribution in [-0.4, -0.2) is 23.7 Å². The number of halogens is 1. The van der Waals surface area contributed by atoms with Crippen LogP contribution in [-0.2, 0) is 4.79 Å². The molecular weight excluding hydrogens is 178 g/mol. The van der Waals surface area contributed by atoms with Gasteiger partial charge in [0, 0.05) is 0 Å². The van der Waals surface area contributed by atoms with Crippen molar-refractivity contribution >= 4 is 18.4 Å². The molecule has 0 aromatic heterocycles. The standard InChI is InChI=1S/C8H15NO2.ClH/c1-2-6-3-4-9-7(5-6)8(10)11;/h6-7,9H,2-5H2,1H3,(H,10,11);1H/t6-,7+;/m1./s1. The molecule has 0 aromatic carbocycles. The maximum absolute atomic E-state index is 10.6. The van der Waals surface area contributed by atoms with Gasteiger partial charge < -0.3 is 10.4 Å². The lowest BCUT2D eigenvalue weighted by Gasteiger charge is -2.26. The number of carbonyl (C=O) groups is 1. The Morgan fingerprint density at radius 1 is 1.67 bits per heavy atom. The van der Waals surface area contributed by atoms with Crippen LogP contribution >= 0.6 is 12.4 Å². The Hall–Kier alpha value is -0.280. The fourth-order valence-corrected chi connectivity index (χ4v) is 1.56. The summed E-state index contributed by atoms with van der Waals surface area (Å²) in [6.07, 6.45) is 3.03. The molecule has 1 rings (SSSR count). The first-order chi connectivity index (χ1) is 5.24. The van der Waals surface area contributed by atoms with Gasteiger partial charge >= 0.3 is 5.97 Å². The molecule has 1 saturated heterocycles. The van der Waals surface area contributed by atoms with E-state index in [-0.39, 0.29) is 18.4 Å². The summed E-state index contributed by atoms with van der Waals surface area (Å²) in [6.45, 7) is 2.98. The first-order valence-electron chi connectivity index (χ1n) is 4.20. The average molecular weight is 194 g/mol. The molecule has 3 nitrogen and oxygen atoms in total. The first kappa shape index (κ1) is 11.7. The minimum absolute atomic E-state index is 0. The Morgan fingerprint density at radius 2 is 2.33 bits per heavy atom. The maximum Gasteiger partial charge on any atom is 0.320 e. The Balaban J connectivity index is 0.00000121. The minimum Gasteiger partial charge on any atom is -0.480 e. The van der Waals surface area contributed by atoms with E-state index >= 15 is 0 Å². The van der Waals surface area contributed by atoms with Crippen LogP contribution in [0.5, 0.6) is 0 Å². The molecule has 72 valence electrons. The second-order valence-electron chi connectivity index (χ2n) is 3.14. The zero-order valence-electron chi connectivity index (χ0n) is 7.25. The molecule has 12 heavy (non-hydrogen) atoms. The van der Waals surface area contributed by atoms with E-state index in [0.717, 1.165) is 25.8 Å². The van der Waals surface area contributed by atoms with Crippen LogP contribution < -0.4 is 5.32 Å². The molecule has 0 aliphatic carbocycles. The highest BCUT2D eigenvalue weighted by atomic mass is 35.5. The van der Waals surface area contributed by atoms with Crippen molar-refractivity contribution in [3.63, 3.8) is 0 Å². The number of carboxylic acids is 1. The van der Waals surface area contributed by atoms with Crippen LogP contribution in [0.2, 0.25) is 0 Å². The Bertz CT molecular complexity index is 152. The number of hydrogen-bond donors (Lipinski definition) is 2. The van der Waals surface area contributed by atoms with Gasteiger partial charge in [-0.15, -0.1) is 12.4 Å². The molecule has 0 radical (unpaired) electrons. The smallest absolute Gasteiger partial charge is 0.320 e. The molecule has 1 aliphatic rings. The van der Waals surface area contributed by atoms with E-state index in [1.165, 1.54) is 0 Å². The molecule has 0 amide bonds. The van der Waals surface area contributed by atoms with Gasteiger partial charge in [-0.25, -0.2) is 0 Å². The Morgan fingerprint density at radius 3 is 2.83 bits per heavy atom. The number of nitrogens with one attached hydrogen (secondary N) is 1. The number of carboxylic acid groups (broad SMARTS) is 1. The van der Waals surface area contributed by atoms with Gasteiger partial charge in [-0.2, -0.15) is 0 Å². The van der Waals surface area contributed by atoms with Crippen molar-refractivity contribution in [3.05, 3.63) is 0 Å². The van der Waals surface area contributed by atoms with Crippen LogP contribution in [0.25, 0.3) is 0 Å². The van der Waals surface area contributed by atoms with Crippen molar-refractivity contribution < 1.29 is 9.90 Å². The van der Waals surface area contributed by atoms with Gasteiger partial charge in [-0.3, -0.25) is 4.79 Å². The van der Waals surface area contributed by atoms with E-state index < -0.39 is 5.97 Å². The number of hydrogen-bond acceptors (Lipinski definition) is 2. The van der Waals surface area contributed by atoms with E-state index in [1.807, 2.05) is 0 Å². The largest absolute Gasteiger partial charge is 0.480 e. The predicted molar refractivity (Wildman–Crippen MR) is 49.7 cm³/mol. The zero-order chi connectivity index (χ0) is 8.27. The van der Waals surface area contributed by atoms with Gasteiger partial charge in [0.1, 0.15) is 6.04 Å². The molecule has 2 atom stereocenters. The molecule has 1 fully saturated rings. The quantitative estimate of drug-likeness (QED) is 0.695. The van der Waals surface area contributed by atoms with Gasteiger partial charge in [0.25, 0.3) is 0 Å². The van der Waals surface area contributed by atoms with Crippen LogP contribution in [0.1, 0.15) is 26.2 Å². The molecule has 2 N–H and O–H groups in total. The summed E-state index contributed by atoms with van der Waals surface area (Å²) in [7, 11) is 0. The first-order valence-corrected chi connectivity index (χ1v) is 4.20. The molecule has 1 heterocycles. The molecule has 0 saturated carbocycles. The van der Waals surface area contributed by atoms with E-state index in [0.29, 0.717) is 5.92 Å². The third-order valence-corrected chi connectivity index (χ3v) is 2.39. The summed E-state index contributed by atoms with van der Waals surface area (Å²) in [5.74, 6) is -0.0968. The van der Waals surface area contributed by atoms with Crippen molar-refractivity contribution in [1.29, 1.82) is 0 Å². The molecule has 1 aliphatic heterocycles. The number of rotatable bonds is 2. The Kier molecular flexibility index (Phi) is 5.25. The second kappa shape index (κ2) is 5.38. The van der Waals surface area contributed by atoms with E-state index in [1.54, 1.807) is 0 Å². The van der Waals surface area contributed by atoms with Crippen molar-refractivity contribution in [1.82, 2.24) is 5.32 Å². The zero-order valence-corrected chi connectivity index (χ0v) is 8.06. The van der Waals surface area contributed by atoms with Gasteiger partial charge in [-0.05, 0) is 25.3 Å². The summed E-state index contributed by atoms with van der Waals surface area (Å²) in [5, 5.41) is 11.7. The highest BCUT2D eigenvalue weighted by Gasteiger charge is 2.24. The van der Waals surface area contributed by atoms with E-state index in [2.05, 4.69) is 12.2 Å². The van der Waals surface area contributed by atoms with Crippen molar-refractivity contribution in [2.75, 3.05) is 6.54 Å². The predicted octanol–water partition coefficient (Wildman–Crippen LogP) is 1.27. The second-order valence-corrected chi connectivity index (χ2v) is 3.14. The average Bonchev–Trinajstić information content (AvgIpc) is 2.05. The molecule has 0 spiro atoms. The molecule has 4 heteroatoms. The van der Waals surface area contributed by atoms with Crippen molar-refractivity contribution in [2.45, 2.75) is 32.2 Å². The van der Waals surface area contributed by atoms with Crippen LogP contribution in [0.15, 0.2) is 0 Å². The summed E-state index contributed by atoms with van der Waals surface area (Å²) < 4.78 is 0. The number of piperidine rings is 1. The lowest BCUT2D eigenvalue weighted by Crippen LogP contribution is -2.43. The minimum atomic E-state index is -0.705. The fraction of sp³-hybridized carbons (Fsp3) is 0.875. The summed E-state index contributed by atoms with van der Waals surface area (Å²) in [4.78, 5) is 10.6. The van der Waals surface area contributed by atoms with E-state index in [4.69, 9.17) is 5.11 Å². The lowest BCUT2D eigenvalue weighted by atomic mass is 9.90. The van der Waals surface area contributed by atoms with Gasteiger partial charge in [-0.1, -0.05) is 13.3 Å². The van der Waals surface area contributed by atoms with Gasteiger partial charge in [0.15, 0.2) is 0 Å². The third-order valence-electron chi connectivity index (χ3n) is 2.39. The molecule has 0 aromatic rings. The third kappa shape index (κ3) is 2.99. The molecular formula is C8H16ClNO2. The maximum atomic E-state index is 10.6. The van der Waals surface area contributed by atoms with Crippen LogP contribution in [0.4, 0.5) is 0 Å². The Labute approximate surface area is 78.9 Å². The number of aliphatic carboxylic acids is 1. The summed E-state index contributed by atoms with van der Waals surface area (Å²) in [5.41, 5.74) is 0. The topological polar surface area (TPSA) is 49.3 Å². The van der Waals surface area contributed by atoms with E-state index in [9.17, 15) is 4.79 Å². The lowest BCUT2D eigenvalue weighted by molar-refractivity contribution is -0.140. The molecule has 0 bridgehead atoms. The van der Waals surface area contributed by atoms with Gasteiger partial charge in [0.05, 0.1) is 0 Å². The van der Waals surface area contributed by atoms with Crippen LogP contribution in [0, 0.1) is 5.92 Å². The van der Waals surface area contributed by atoms with Crippen molar-refractivity contribution in [2.24, 2.45) is 5.92 Å². The monoisotopic (exact) mass is 193 g/mol. The van der Waals surface area contributed by atoms with Crippen LogP contribution in [0.3, 0.4) is 0 Å². The highest BCUT2D eigenvalue weighted by molar-refractivity contribution is 5.85. The normalized spacial score (nSPS) is 29.1. The summed E-state index contributed by atoms with van der Waals surface area (Å²) >= 11 is 0. The SMILES string of the molecule is CC[C@@H]1CCN[C@H](C(=O)O)C1.Cl. The fourth-order valence-electron chi connectivity index (χ4n) is 1.56. The molecule has 0 unspecified atom stereocenters. The highest BCUT2D eigenvalue weighted by Crippen LogP contribution is 2.18. The van der Waals surface area contributed by atoms with Crippen molar-refractivity contribution in [3.8, 4) is 0 Å².